The van der Waals surface area contributed by atoms with Gasteiger partial charge in [0.25, 0.3) is 0 Å². The fraction of sp³-hybridized carbons (Fsp3) is 0.632. The molecule has 0 radical (unpaired) electrons. The maximum atomic E-state index is 13.9. The normalized spacial score (nSPS) is 17.8. The number of nitrogens with zero attached hydrogens (tertiary/aromatic N) is 3. The Balaban J connectivity index is 1.77. The Bertz CT molecular complexity index is 589. The molecule has 1 saturated heterocycles. The summed E-state index contributed by atoms with van der Waals surface area (Å²) in [6.45, 7) is 9.82. The molecular weight excluding hydrogens is 336 g/mol. The van der Waals surface area contributed by atoms with Gasteiger partial charge in [-0.15, -0.1) is 0 Å². The van der Waals surface area contributed by atoms with Crippen LogP contribution in [0.3, 0.4) is 0 Å². The topological polar surface area (TPSA) is 42.9 Å². The number of rotatable bonds is 8. The molecule has 1 aliphatic rings. The molecule has 1 aromatic carbocycles. The summed E-state index contributed by atoms with van der Waals surface area (Å²) in [4.78, 5) is 8.61. The van der Waals surface area contributed by atoms with Crippen LogP contribution in [0.15, 0.2) is 23.2 Å². The number of anilines is 1. The molecule has 1 atom stereocenters. The fourth-order valence-electron chi connectivity index (χ4n) is 3.27. The van der Waals surface area contributed by atoms with Crippen molar-refractivity contribution in [3.8, 4) is 0 Å². The molecule has 26 heavy (non-hydrogen) atoms. The van der Waals surface area contributed by atoms with Crippen molar-refractivity contribution >= 4 is 11.6 Å². The van der Waals surface area contributed by atoms with E-state index in [4.69, 9.17) is 0 Å². The predicted molar refractivity (Wildman–Crippen MR) is 104 cm³/mol. The smallest absolute Gasteiger partial charge is 0.191 e. The summed E-state index contributed by atoms with van der Waals surface area (Å²) in [6.07, 6.45) is 1.94. The summed E-state index contributed by atoms with van der Waals surface area (Å²) in [5.74, 6) is -0.282. The molecule has 1 unspecified atom stereocenters. The van der Waals surface area contributed by atoms with Crippen molar-refractivity contribution in [1.82, 2.24) is 15.5 Å². The van der Waals surface area contributed by atoms with Crippen molar-refractivity contribution in [3.05, 3.63) is 29.8 Å². The molecule has 0 saturated carbocycles. The van der Waals surface area contributed by atoms with E-state index in [1.165, 1.54) is 12.1 Å². The third-order valence-corrected chi connectivity index (χ3v) is 4.84. The number of aliphatic imine (C=N–C) groups is 1. The van der Waals surface area contributed by atoms with Gasteiger partial charge in [0.15, 0.2) is 5.96 Å². The third-order valence-electron chi connectivity index (χ3n) is 4.84. The maximum Gasteiger partial charge on any atom is 0.191 e. The van der Waals surface area contributed by atoms with Gasteiger partial charge >= 0.3 is 0 Å². The number of guanidine groups is 1. The fourth-order valence-corrected chi connectivity index (χ4v) is 3.27. The Morgan fingerprint density at radius 2 is 2.08 bits per heavy atom. The molecule has 5 nitrogen and oxygen atoms in total. The first-order valence-electron chi connectivity index (χ1n) is 9.46. The second-order valence-corrected chi connectivity index (χ2v) is 6.55. The largest absolute Gasteiger partial charge is 0.367 e. The minimum atomic E-state index is -0.547. The van der Waals surface area contributed by atoms with Crippen LogP contribution in [0.25, 0.3) is 0 Å². The van der Waals surface area contributed by atoms with Gasteiger partial charge in [0, 0.05) is 38.8 Å². The molecular formula is C19H31F2N5. The van der Waals surface area contributed by atoms with Crippen molar-refractivity contribution < 1.29 is 8.78 Å². The van der Waals surface area contributed by atoms with E-state index in [2.05, 4.69) is 34.4 Å². The Labute approximate surface area is 155 Å². The van der Waals surface area contributed by atoms with E-state index >= 15 is 0 Å². The number of nitrogens with one attached hydrogen (secondary N) is 2. The van der Waals surface area contributed by atoms with Gasteiger partial charge in [-0.1, -0.05) is 13.8 Å². The number of hydrogen-bond donors (Lipinski definition) is 2. The van der Waals surface area contributed by atoms with Crippen LogP contribution in [0.5, 0.6) is 0 Å². The van der Waals surface area contributed by atoms with Crippen LogP contribution in [-0.2, 0) is 0 Å². The highest BCUT2D eigenvalue weighted by Crippen LogP contribution is 2.24. The van der Waals surface area contributed by atoms with E-state index in [1.807, 2.05) is 4.90 Å². The van der Waals surface area contributed by atoms with Crippen LogP contribution >= 0.6 is 0 Å². The first-order chi connectivity index (χ1) is 12.6. The molecule has 1 aliphatic heterocycles. The maximum absolute atomic E-state index is 13.9. The van der Waals surface area contributed by atoms with E-state index in [0.29, 0.717) is 12.2 Å². The molecule has 1 heterocycles. The van der Waals surface area contributed by atoms with Gasteiger partial charge in [0.2, 0.25) is 0 Å². The number of hydrogen-bond acceptors (Lipinski definition) is 3. The molecule has 2 rings (SSSR count). The molecule has 1 fully saturated rings. The van der Waals surface area contributed by atoms with E-state index in [-0.39, 0.29) is 6.04 Å². The zero-order chi connectivity index (χ0) is 18.9. The van der Waals surface area contributed by atoms with Crippen molar-refractivity contribution in [3.63, 3.8) is 0 Å². The molecule has 1 aromatic rings. The summed E-state index contributed by atoms with van der Waals surface area (Å²) in [7, 11) is 1.76. The van der Waals surface area contributed by atoms with Gasteiger partial charge in [-0.3, -0.25) is 4.99 Å². The monoisotopic (exact) mass is 367 g/mol. The van der Waals surface area contributed by atoms with Gasteiger partial charge in [-0.2, -0.15) is 0 Å². The van der Waals surface area contributed by atoms with E-state index < -0.39 is 11.6 Å². The van der Waals surface area contributed by atoms with Gasteiger partial charge < -0.3 is 20.4 Å². The van der Waals surface area contributed by atoms with Crippen LogP contribution < -0.4 is 15.5 Å². The van der Waals surface area contributed by atoms with Gasteiger partial charge in [0.1, 0.15) is 11.6 Å². The second-order valence-electron chi connectivity index (χ2n) is 6.55. The average Bonchev–Trinajstić information content (AvgIpc) is 3.09. The van der Waals surface area contributed by atoms with Gasteiger partial charge in [0.05, 0.1) is 5.69 Å². The van der Waals surface area contributed by atoms with Crippen LogP contribution in [-0.4, -0.2) is 63.2 Å². The Morgan fingerprint density at radius 1 is 1.31 bits per heavy atom. The van der Waals surface area contributed by atoms with Gasteiger partial charge in [-0.25, -0.2) is 8.78 Å². The first kappa shape index (κ1) is 20.4. The zero-order valence-electron chi connectivity index (χ0n) is 16.1. The standard InChI is InChI=1S/C19H31F2N5/c1-4-25(5-2)11-6-10-23-19(22-3)24-16-9-12-26(14-16)18-8-7-15(20)13-17(18)21/h7-8,13,16H,4-6,9-12,14H2,1-3H3,(H2,22,23,24). The molecule has 2 N–H and O–H groups in total. The zero-order valence-corrected chi connectivity index (χ0v) is 16.1. The third kappa shape index (κ3) is 5.83. The molecule has 0 aromatic heterocycles. The van der Waals surface area contributed by atoms with Crippen molar-refractivity contribution in [2.24, 2.45) is 4.99 Å². The predicted octanol–water partition coefficient (Wildman–Crippen LogP) is 2.44. The highest BCUT2D eigenvalue weighted by Gasteiger charge is 2.25. The SMILES string of the molecule is CCN(CC)CCCNC(=NC)NC1CCN(c2ccc(F)cc2F)C1. The van der Waals surface area contributed by atoms with Gasteiger partial charge in [-0.05, 0) is 44.6 Å². The summed E-state index contributed by atoms with van der Waals surface area (Å²) in [5, 5.41) is 6.74. The van der Waals surface area contributed by atoms with Crippen molar-refractivity contribution in [1.29, 1.82) is 0 Å². The lowest BCUT2D eigenvalue weighted by Crippen LogP contribution is -2.45. The lowest BCUT2D eigenvalue weighted by Gasteiger charge is -2.21. The molecule has 0 spiro atoms. The average molecular weight is 367 g/mol. The van der Waals surface area contributed by atoms with Crippen LogP contribution in [0.1, 0.15) is 26.7 Å². The van der Waals surface area contributed by atoms with Crippen LogP contribution in [0.2, 0.25) is 0 Å². The molecule has 0 aliphatic carbocycles. The highest BCUT2D eigenvalue weighted by atomic mass is 19.1. The van der Waals surface area contributed by atoms with Crippen molar-refractivity contribution in [2.75, 3.05) is 51.2 Å². The van der Waals surface area contributed by atoms with Crippen LogP contribution in [0, 0.1) is 11.6 Å². The van der Waals surface area contributed by atoms with Crippen LogP contribution in [0.4, 0.5) is 14.5 Å². The summed E-state index contributed by atoms with van der Waals surface area (Å²) in [5.41, 5.74) is 0.456. The summed E-state index contributed by atoms with van der Waals surface area (Å²) >= 11 is 0. The minimum Gasteiger partial charge on any atom is -0.367 e. The van der Waals surface area contributed by atoms with Crippen molar-refractivity contribution in [2.45, 2.75) is 32.7 Å². The summed E-state index contributed by atoms with van der Waals surface area (Å²) in [6, 6.07) is 3.93. The van der Waals surface area contributed by atoms with E-state index in [1.54, 1.807) is 7.05 Å². The minimum absolute atomic E-state index is 0.188. The number of benzene rings is 1. The quantitative estimate of drug-likeness (QED) is 0.421. The lowest BCUT2D eigenvalue weighted by molar-refractivity contribution is 0.300. The second kappa shape index (κ2) is 10.3. The summed E-state index contributed by atoms with van der Waals surface area (Å²) < 4.78 is 27.0. The highest BCUT2D eigenvalue weighted by molar-refractivity contribution is 5.80. The van der Waals surface area contributed by atoms with E-state index in [0.717, 1.165) is 57.6 Å². The molecule has 7 heteroatoms. The Morgan fingerprint density at radius 3 is 2.73 bits per heavy atom. The molecule has 0 amide bonds. The van der Waals surface area contributed by atoms with E-state index in [9.17, 15) is 8.78 Å². The lowest BCUT2D eigenvalue weighted by atomic mass is 10.2. The Kier molecular flexibility index (Phi) is 8.09. The Hall–Kier alpha value is -1.89. The molecule has 0 bridgehead atoms. The molecule has 146 valence electrons. The first-order valence-corrected chi connectivity index (χ1v) is 9.46. The number of halogens is 2.